The maximum atomic E-state index is 6.21. The summed E-state index contributed by atoms with van der Waals surface area (Å²) in [5.41, 5.74) is 11.2. The Labute approximate surface area is 313 Å². The van der Waals surface area contributed by atoms with Crippen LogP contribution in [0, 0.1) is 0 Å². The highest BCUT2D eigenvalue weighted by atomic mass is 16.4. The molecule has 11 rings (SSSR count). The first-order chi connectivity index (χ1) is 27.2. The summed E-state index contributed by atoms with van der Waals surface area (Å²) >= 11 is 0. The van der Waals surface area contributed by atoms with Gasteiger partial charge in [0.1, 0.15) is 22.2 Å². The number of fused-ring (bicyclic) bond motifs is 5. The van der Waals surface area contributed by atoms with E-state index >= 15 is 0 Å². The van der Waals surface area contributed by atoms with Gasteiger partial charge in [-0.1, -0.05) is 97.1 Å². The van der Waals surface area contributed by atoms with Gasteiger partial charge < -0.3 is 13.3 Å². The van der Waals surface area contributed by atoms with Crippen molar-refractivity contribution < 1.29 is 13.3 Å². The quantitative estimate of drug-likeness (QED) is 0.168. The van der Waals surface area contributed by atoms with Gasteiger partial charge in [0, 0.05) is 38.6 Å². The van der Waals surface area contributed by atoms with Gasteiger partial charge in [-0.3, -0.25) is 0 Å². The molecule has 0 saturated heterocycles. The number of furan rings is 1. The Kier molecular flexibility index (Phi) is 6.99. The van der Waals surface area contributed by atoms with E-state index in [0.717, 1.165) is 83.1 Å². The first kappa shape index (κ1) is 30.9. The second kappa shape index (κ2) is 12.5. The van der Waals surface area contributed by atoms with Gasteiger partial charge in [0.05, 0.1) is 0 Å². The van der Waals surface area contributed by atoms with Crippen LogP contribution >= 0.6 is 0 Å². The average Bonchev–Trinajstić information content (AvgIpc) is 3.99. The van der Waals surface area contributed by atoms with Crippen molar-refractivity contribution in [3.8, 4) is 68.2 Å². The normalized spacial score (nSPS) is 11.6. The van der Waals surface area contributed by atoms with Gasteiger partial charge in [0.25, 0.3) is 0 Å². The van der Waals surface area contributed by atoms with E-state index in [4.69, 9.17) is 28.2 Å². The highest BCUT2D eigenvalue weighted by Gasteiger charge is 2.17. The molecule has 0 N–H and O–H groups in total. The van der Waals surface area contributed by atoms with Gasteiger partial charge in [0.15, 0.2) is 28.6 Å². The van der Waals surface area contributed by atoms with Gasteiger partial charge in [-0.05, 0) is 77.9 Å². The summed E-state index contributed by atoms with van der Waals surface area (Å²) in [4.78, 5) is 24.5. The van der Waals surface area contributed by atoms with Crippen LogP contribution in [0.2, 0.25) is 0 Å². The fourth-order valence-electron chi connectivity index (χ4n) is 7.12. The van der Waals surface area contributed by atoms with Gasteiger partial charge in [-0.25, -0.2) is 24.9 Å². The summed E-state index contributed by atoms with van der Waals surface area (Å²) in [6, 6.07) is 54.0. The lowest BCUT2D eigenvalue weighted by molar-refractivity contribution is 0.619. The predicted octanol–water partition coefficient (Wildman–Crippen LogP) is 12.1. The SMILES string of the molecule is c1cc(-c2nc(-c3ccc(-c4nc5ccccc5o4)cc3)nc(-c3ccc(-c4nc5ccccc5o4)cc3)n2)cc(-c2cccc3oc4ccccc4c23)c1. The van der Waals surface area contributed by atoms with E-state index in [9.17, 15) is 0 Å². The molecular weight excluding hydrogens is 683 g/mol. The maximum absolute atomic E-state index is 6.21. The van der Waals surface area contributed by atoms with E-state index in [1.807, 2.05) is 140 Å². The molecule has 0 amide bonds. The van der Waals surface area contributed by atoms with E-state index in [1.165, 1.54) is 0 Å². The van der Waals surface area contributed by atoms with Crippen LogP contribution in [0.5, 0.6) is 0 Å². The molecule has 11 aromatic rings. The van der Waals surface area contributed by atoms with Crippen LogP contribution in [0.15, 0.2) is 177 Å². The molecule has 8 heteroatoms. The minimum absolute atomic E-state index is 0.542. The van der Waals surface area contributed by atoms with Crippen molar-refractivity contribution in [3.63, 3.8) is 0 Å². The number of oxazole rings is 2. The summed E-state index contributed by atoms with van der Waals surface area (Å²) in [6.45, 7) is 0. The van der Waals surface area contributed by atoms with Crippen molar-refractivity contribution in [3.05, 3.63) is 164 Å². The minimum atomic E-state index is 0.542. The lowest BCUT2D eigenvalue weighted by atomic mass is 9.98. The Morgan fingerprint density at radius 2 is 0.782 bits per heavy atom. The first-order valence-electron chi connectivity index (χ1n) is 17.9. The third-order valence-corrected chi connectivity index (χ3v) is 9.84. The fraction of sp³-hybridized carbons (Fsp3) is 0. The Morgan fingerprint density at radius 1 is 0.309 bits per heavy atom. The fourth-order valence-corrected chi connectivity index (χ4v) is 7.12. The zero-order chi connectivity index (χ0) is 36.3. The number of aromatic nitrogens is 5. The second-order valence-electron chi connectivity index (χ2n) is 13.3. The molecular formula is C47H27N5O3. The summed E-state index contributed by atoms with van der Waals surface area (Å²) in [5, 5.41) is 2.15. The number of hydrogen-bond donors (Lipinski definition) is 0. The summed E-state index contributed by atoms with van der Waals surface area (Å²) in [7, 11) is 0. The van der Waals surface area contributed by atoms with Crippen LogP contribution < -0.4 is 0 Å². The number of nitrogens with zero attached hydrogens (tertiary/aromatic N) is 5. The van der Waals surface area contributed by atoms with Crippen LogP contribution in [0.1, 0.15) is 0 Å². The average molecular weight is 710 g/mol. The van der Waals surface area contributed by atoms with Crippen molar-refractivity contribution in [2.45, 2.75) is 0 Å². The molecule has 8 nitrogen and oxygen atoms in total. The van der Waals surface area contributed by atoms with Crippen molar-refractivity contribution in [1.29, 1.82) is 0 Å². The topological polar surface area (TPSA) is 104 Å². The standard InChI is InChI=1S/C47H27N5O3/c1-4-15-38-35(11-1)42-34(12-8-18-41(42)53-38)32-9-7-10-33(27-32)45-51-43(28-19-23-30(24-20-28)46-48-36-13-2-5-16-39(36)54-46)50-44(52-45)29-21-25-31(26-22-29)47-49-37-14-3-6-17-40(37)55-47/h1-27H. The summed E-state index contributed by atoms with van der Waals surface area (Å²) in [5.74, 6) is 2.75. The van der Waals surface area contributed by atoms with E-state index < -0.39 is 0 Å². The molecule has 0 aliphatic heterocycles. The van der Waals surface area contributed by atoms with Crippen LogP contribution in [-0.4, -0.2) is 24.9 Å². The summed E-state index contributed by atoms with van der Waals surface area (Å²) < 4.78 is 18.3. The Morgan fingerprint density at radius 3 is 1.38 bits per heavy atom. The Balaban J connectivity index is 1.02. The van der Waals surface area contributed by atoms with E-state index in [-0.39, 0.29) is 0 Å². The molecule has 0 aliphatic carbocycles. The zero-order valence-electron chi connectivity index (χ0n) is 29.0. The molecule has 7 aromatic carbocycles. The lowest BCUT2D eigenvalue weighted by Gasteiger charge is -2.10. The highest BCUT2D eigenvalue weighted by molar-refractivity contribution is 6.12. The van der Waals surface area contributed by atoms with Crippen molar-refractivity contribution in [1.82, 2.24) is 24.9 Å². The van der Waals surface area contributed by atoms with E-state index in [1.54, 1.807) is 0 Å². The van der Waals surface area contributed by atoms with Gasteiger partial charge >= 0.3 is 0 Å². The van der Waals surface area contributed by atoms with Crippen LogP contribution in [-0.2, 0) is 0 Å². The van der Waals surface area contributed by atoms with Gasteiger partial charge in [-0.15, -0.1) is 0 Å². The molecule has 55 heavy (non-hydrogen) atoms. The van der Waals surface area contributed by atoms with E-state index in [0.29, 0.717) is 29.3 Å². The van der Waals surface area contributed by atoms with Crippen molar-refractivity contribution >= 4 is 44.1 Å². The molecule has 258 valence electrons. The Hall–Kier alpha value is -7.71. The minimum Gasteiger partial charge on any atom is -0.456 e. The third-order valence-electron chi connectivity index (χ3n) is 9.84. The molecule has 0 fully saturated rings. The largest absolute Gasteiger partial charge is 0.456 e. The van der Waals surface area contributed by atoms with Crippen molar-refractivity contribution in [2.75, 3.05) is 0 Å². The third kappa shape index (κ3) is 5.43. The second-order valence-corrected chi connectivity index (χ2v) is 13.3. The number of hydrogen-bond acceptors (Lipinski definition) is 8. The molecule has 0 radical (unpaired) electrons. The molecule has 0 unspecified atom stereocenters. The van der Waals surface area contributed by atoms with Crippen LogP contribution in [0.25, 0.3) is 112 Å². The van der Waals surface area contributed by atoms with Gasteiger partial charge in [-0.2, -0.15) is 0 Å². The molecule has 0 atom stereocenters. The van der Waals surface area contributed by atoms with Crippen LogP contribution in [0.3, 0.4) is 0 Å². The number of para-hydroxylation sites is 5. The molecule has 4 aromatic heterocycles. The lowest BCUT2D eigenvalue weighted by Crippen LogP contribution is -2.00. The Bertz CT molecular complexity index is 3010. The van der Waals surface area contributed by atoms with E-state index in [2.05, 4.69) is 34.2 Å². The molecule has 0 bridgehead atoms. The number of rotatable bonds is 6. The highest BCUT2D eigenvalue weighted by Crippen LogP contribution is 2.38. The molecule has 0 saturated carbocycles. The summed E-state index contributed by atoms with van der Waals surface area (Å²) in [6.07, 6.45) is 0. The van der Waals surface area contributed by atoms with Gasteiger partial charge in [0.2, 0.25) is 11.8 Å². The molecule has 0 aliphatic rings. The zero-order valence-corrected chi connectivity index (χ0v) is 29.0. The number of benzene rings is 7. The van der Waals surface area contributed by atoms with Crippen molar-refractivity contribution in [2.24, 2.45) is 0 Å². The maximum Gasteiger partial charge on any atom is 0.227 e. The predicted molar refractivity (Wildman–Crippen MR) is 215 cm³/mol. The molecule has 0 spiro atoms. The monoisotopic (exact) mass is 709 g/mol. The molecule has 4 heterocycles. The van der Waals surface area contributed by atoms with Crippen LogP contribution in [0.4, 0.5) is 0 Å². The smallest absolute Gasteiger partial charge is 0.227 e. The first-order valence-corrected chi connectivity index (χ1v) is 17.9.